The predicted molar refractivity (Wildman–Crippen MR) is 125 cm³/mol. The van der Waals surface area contributed by atoms with E-state index in [0.29, 0.717) is 28.5 Å². The van der Waals surface area contributed by atoms with Crippen molar-refractivity contribution in [3.63, 3.8) is 0 Å². The highest BCUT2D eigenvalue weighted by Crippen LogP contribution is 2.28. The zero-order valence-corrected chi connectivity index (χ0v) is 19.0. The van der Waals surface area contributed by atoms with Crippen molar-refractivity contribution < 1.29 is 13.9 Å². The molecule has 6 aromatic rings. The van der Waals surface area contributed by atoms with Crippen molar-refractivity contribution in [2.45, 2.75) is 20.1 Å². The molecule has 10 nitrogen and oxygen atoms in total. The molecule has 176 valence electrons. The third-order valence-corrected chi connectivity index (χ3v) is 6.15. The first kappa shape index (κ1) is 21.3. The fraction of sp³-hybridized carbons (Fsp3) is 0.136. The van der Waals surface area contributed by atoms with Crippen LogP contribution in [0.4, 0.5) is 19.6 Å². The lowest BCUT2D eigenvalue weighted by atomic mass is 10.3. The molecule has 1 aromatic carbocycles. The van der Waals surface area contributed by atoms with Gasteiger partial charge >= 0.3 is 0 Å². The number of H-pyrrole nitrogens is 1. The molecule has 0 radical (unpaired) electrons. The smallest absolute Gasteiger partial charge is 0.186 e. The maximum atomic E-state index is 14.0. The minimum Gasteiger partial charge on any atom is -0.390 e. The number of hydrogen-bond donors (Lipinski definition) is 3. The van der Waals surface area contributed by atoms with Gasteiger partial charge in [0.1, 0.15) is 16.3 Å². The van der Waals surface area contributed by atoms with E-state index in [9.17, 15) is 13.9 Å². The fourth-order valence-electron chi connectivity index (χ4n) is 3.85. The Morgan fingerprint density at radius 1 is 1.17 bits per heavy atom. The molecular formula is C22H17F2N9OS. The van der Waals surface area contributed by atoms with Crippen LogP contribution in [0, 0.1) is 18.6 Å². The molecule has 3 N–H and O–H groups in total. The van der Waals surface area contributed by atoms with Crippen molar-refractivity contribution in [1.29, 1.82) is 0 Å². The second kappa shape index (κ2) is 8.21. The monoisotopic (exact) mass is 493 g/mol. The Morgan fingerprint density at radius 3 is 2.89 bits per heavy atom. The first-order valence-electron chi connectivity index (χ1n) is 10.5. The topological polar surface area (TPSA) is 122 Å². The number of hydrogen-bond acceptors (Lipinski definition) is 8. The maximum Gasteiger partial charge on any atom is 0.186 e. The fourth-order valence-corrected chi connectivity index (χ4v) is 4.50. The molecule has 35 heavy (non-hydrogen) atoms. The number of nitrogens with zero attached hydrogens (tertiary/aromatic N) is 7. The van der Waals surface area contributed by atoms with E-state index in [0.717, 1.165) is 28.0 Å². The van der Waals surface area contributed by atoms with Gasteiger partial charge in [0, 0.05) is 18.0 Å². The second-order valence-electron chi connectivity index (χ2n) is 7.90. The molecule has 5 heterocycles. The summed E-state index contributed by atoms with van der Waals surface area (Å²) in [7, 11) is 0. The van der Waals surface area contributed by atoms with Gasteiger partial charge in [0.25, 0.3) is 0 Å². The lowest BCUT2D eigenvalue weighted by Gasteiger charge is -2.07. The Kier molecular flexibility index (Phi) is 5.00. The third kappa shape index (κ3) is 3.80. The quantitative estimate of drug-likeness (QED) is 0.323. The summed E-state index contributed by atoms with van der Waals surface area (Å²) in [6.07, 6.45) is 7.13. The van der Waals surface area contributed by atoms with E-state index in [-0.39, 0.29) is 18.7 Å². The number of nitrogens with one attached hydrogen (secondary N) is 2. The number of benzene rings is 1. The Labute approximate surface area is 200 Å². The van der Waals surface area contributed by atoms with E-state index in [2.05, 4.69) is 34.7 Å². The van der Waals surface area contributed by atoms with Crippen LogP contribution in [0.2, 0.25) is 0 Å². The number of anilines is 2. The molecule has 0 aliphatic rings. The van der Waals surface area contributed by atoms with Crippen LogP contribution in [-0.4, -0.2) is 43.6 Å². The summed E-state index contributed by atoms with van der Waals surface area (Å²) >= 11 is 1.23. The Hall–Kier alpha value is -4.23. The Bertz CT molecular complexity index is 1700. The number of aromatic amines is 1. The highest BCUT2D eigenvalue weighted by Gasteiger charge is 2.16. The molecule has 5 aromatic heterocycles. The van der Waals surface area contributed by atoms with Crippen molar-refractivity contribution in [2.24, 2.45) is 0 Å². The molecule has 0 saturated heterocycles. The SMILES string of the molecule is Cc1cn2c(-c3cnn(Cc4nc5c(F)c(F)ccc5[nH]4)c3)cnc2c(Nc2cc(CO)ns2)n1. The van der Waals surface area contributed by atoms with E-state index in [1.807, 2.05) is 23.7 Å². The third-order valence-electron chi connectivity index (χ3n) is 5.41. The van der Waals surface area contributed by atoms with Crippen LogP contribution >= 0.6 is 11.5 Å². The molecule has 0 bridgehead atoms. The van der Waals surface area contributed by atoms with E-state index < -0.39 is 11.6 Å². The van der Waals surface area contributed by atoms with Crippen LogP contribution in [0.15, 0.2) is 43.0 Å². The van der Waals surface area contributed by atoms with Gasteiger partial charge in [-0.1, -0.05) is 0 Å². The number of rotatable bonds is 6. The minimum absolute atomic E-state index is 0.0378. The highest BCUT2D eigenvalue weighted by molar-refractivity contribution is 7.10. The van der Waals surface area contributed by atoms with Crippen LogP contribution < -0.4 is 5.32 Å². The lowest BCUT2D eigenvalue weighted by molar-refractivity contribution is 0.278. The van der Waals surface area contributed by atoms with E-state index >= 15 is 0 Å². The van der Waals surface area contributed by atoms with Crippen molar-refractivity contribution in [3.8, 4) is 11.3 Å². The number of aliphatic hydroxyl groups excluding tert-OH is 1. The van der Waals surface area contributed by atoms with Gasteiger partial charge in [0.05, 0.1) is 48.1 Å². The summed E-state index contributed by atoms with van der Waals surface area (Å²) in [4.78, 5) is 16.3. The highest BCUT2D eigenvalue weighted by atomic mass is 32.1. The van der Waals surface area contributed by atoms with E-state index in [1.54, 1.807) is 23.1 Å². The van der Waals surface area contributed by atoms with Gasteiger partial charge in [-0.15, -0.1) is 0 Å². The zero-order chi connectivity index (χ0) is 24.1. The lowest BCUT2D eigenvalue weighted by Crippen LogP contribution is -2.01. The van der Waals surface area contributed by atoms with Crippen LogP contribution in [0.5, 0.6) is 0 Å². The summed E-state index contributed by atoms with van der Waals surface area (Å²) in [6, 6.07) is 4.28. The number of imidazole rings is 2. The average molecular weight is 494 g/mol. The molecule has 6 rings (SSSR count). The molecule has 0 aliphatic carbocycles. The van der Waals surface area contributed by atoms with Gasteiger partial charge in [-0.05, 0) is 36.7 Å². The summed E-state index contributed by atoms with van der Waals surface area (Å²) in [6.45, 7) is 2.00. The second-order valence-corrected chi connectivity index (χ2v) is 8.71. The number of halogens is 2. The van der Waals surface area contributed by atoms with Crippen molar-refractivity contribution in [3.05, 3.63) is 71.8 Å². The van der Waals surface area contributed by atoms with Crippen LogP contribution in [0.1, 0.15) is 17.2 Å². The minimum atomic E-state index is -0.976. The molecule has 0 unspecified atom stereocenters. The summed E-state index contributed by atoms with van der Waals surface area (Å²) in [5.41, 5.74) is 3.96. The number of aryl methyl sites for hydroxylation is 1. The first-order valence-corrected chi connectivity index (χ1v) is 11.3. The molecule has 0 saturated carbocycles. The number of aromatic nitrogens is 8. The van der Waals surface area contributed by atoms with Crippen molar-refractivity contribution in [2.75, 3.05) is 5.32 Å². The van der Waals surface area contributed by atoms with Crippen molar-refractivity contribution in [1.82, 2.24) is 38.5 Å². The van der Waals surface area contributed by atoms with E-state index in [1.165, 1.54) is 17.6 Å². The first-order chi connectivity index (χ1) is 17.0. The zero-order valence-electron chi connectivity index (χ0n) is 18.2. The average Bonchev–Trinajstić information content (AvgIpc) is 3.62. The summed E-state index contributed by atoms with van der Waals surface area (Å²) in [5, 5.41) is 17.6. The standard InChI is InChI=1S/C22H17F2N9OS/c1-11-7-33-16(6-25-22(33)21(27-11)30-18-4-13(10-34)31-35-18)12-5-26-32(8-12)9-17-28-15-3-2-14(23)19(24)20(15)29-17/h2-8,34H,9-10H2,1H3,(H,27,30)(H,28,29). The largest absolute Gasteiger partial charge is 0.390 e. The van der Waals surface area contributed by atoms with E-state index in [4.69, 9.17) is 0 Å². The predicted octanol–water partition coefficient (Wildman–Crippen LogP) is 3.80. The van der Waals surface area contributed by atoms with Crippen LogP contribution in [0.25, 0.3) is 27.9 Å². The normalized spacial score (nSPS) is 11.7. The molecule has 0 atom stereocenters. The van der Waals surface area contributed by atoms with Gasteiger partial charge in [0.15, 0.2) is 23.1 Å². The van der Waals surface area contributed by atoms with Gasteiger partial charge in [-0.2, -0.15) is 9.47 Å². The molecule has 0 spiro atoms. The molecule has 13 heteroatoms. The molecule has 0 amide bonds. The Morgan fingerprint density at radius 2 is 2.06 bits per heavy atom. The van der Waals surface area contributed by atoms with Gasteiger partial charge in [0.2, 0.25) is 0 Å². The van der Waals surface area contributed by atoms with Crippen LogP contribution in [0.3, 0.4) is 0 Å². The summed E-state index contributed by atoms with van der Waals surface area (Å²) < 4.78 is 35.2. The van der Waals surface area contributed by atoms with Crippen LogP contribution in [-0.2, 0) is 13.2 Å². The van der Waals surface area contributed by atoms with Gasteiger partial charge in [-0.3, -0.25) is 9.08 Å². The molecular weight excluding hydrogens is 476 g/mol. The molecule has 0 aliphatic heterocycles. The number of fused-ring (bicyclic) bond motifs is 2. The van der Waals surface area contributed by atoms with Gasteiger partial charge < -0.3 is 15.4 Å². The number of aliphatic hydroxyl groups is 1. The Balaban J connectivity index is 1.31. The maximum absolute atomic E-state index is 14.0. The summed E-state index contributed by atoms with van der Waals surface area (Å²) in [5.74, 6) is -0.896. The van der Waals surface area contributed by atoms with Crippen molar-refractivity contribution >= 4 is 39.0 Å². The van der Waals surface area contributed by atoms with Gasteiger partial charge in [-0.25, -0.2) is 23.7 Å². The molecule has 0 fully saturated rings.